The lowest BCUT2D eigenvalue weighted by Gasteiger charge is -2.39. The van der Waals surface area contributed by atoms with Crippen molar-refractivity contribution in [1.29, 1.82) is 0 Å². The lowest BCUT2D eigenvalue weighted by molar-refractivity contribution is -0.129. The monoisotopic (exact) mass is 246 g/mol. The molecule has 96 valence electrons. The summed E-state index contributed by atoms with van der Waals surface area (Å²) in [6.45, 7) is 3.06. The van der Waals surface area contributed by atoms with E-state index in [1.54, 1.807) is 6.20 Å². The van der Waals surface area contributed by atoms with E-state index in [-0.39, 0.29) is 0 Å². The molecule has 2 aliphatic heterocycles. The van der Waals surface area contributed by atoms with Crippen LogP contribution in [0.25, 0.3) is 0 Å². The first-order chi connectivity index (χ1) is 8.79. The Hall–Kier alpha value is -1.62. The van der Waals surface area contributed by atoms with E-state index in [1.165, 1.54) is 0 Å². The van der Waals surface area contributed by atoms with E-state index < -0.39 is 0 Å². The molecule has 5 nitrogen and oxygen atoms in total. The number of rotatable bonds is 2. The lowest BCUT2D eigenvalue weighted by Crippen LogP contribution is -2.51. The van der Waals surface area contributed by atoms with E-state index in [1.807, 2.05) is 11.0 Å². The predicted molar refractivity (Wildman–Crippen MR) is 69.1 cm³/mol. The summed E-state index contributed by atoms with van der Waals surface area (Å²) in [5, 5.41) is 0. The van der Waals surface area contributed by atoms with Gasteiger partial charge in [0, 0.05) is 44.8 Å². The number of amides is 1. The lowest BCUT2D eigenvalue weighted by atomic mass is 10.1. The number of nitrogens with two attached hydrogens (primary N) is 1. The molecule has 0 aliphatic carbocycles. The fourth-order valence-electron chi connectivity index (χ4n) is 2.96. The second-order valence-electron chi connectivity index (χ2n) is 4.90. The molecule has 1 unspecified atom stereocenters. The zero-order valence-electron chi connectivity index (χ0n) is 10.4. The zero-order valence-corrected chi connectivity index (χ0v) is 10.4. The Morgan fingerprint density at radius 3 is 3.17 bits per heavy atom. The van der Waals surface area contributed by atoms with Gasteiger partial charge in [-0.05, 0) is 18.6 Å². The predicted octanol–water partition coefficient (Wildman–Crippen LogP) is 0.351. The van der Waals surface area contributed by atoms with Gasteiger partial charge in [-0.1, -0.05) is 0 Å². The van der Waals surface area contributed by atoms with Gasteiger partial charge in [0.25, 0.3) is 0 Å². The van der Waals surface area contributed by atoms with Crippen molar-refractivity contribution in [2.24, 2.45) is 5.73 Å². The Morgan fingerprint density at radius 2 is 2.33 bits per heavy atom. The van der Waals surface area contributed by atoms with Crippen LogP contribution in [0.2, 0.25) is 0 Å². The molecule has 0 bridgehead atoms. The molecule has 1 aromatic rings. The topological polar surface area (TPSA) is 62.5 Å². The first-order valence-corrected chi connectivity index (χ1v) is 6.48. The molecule has 18 heavy (non-hydrogen) atoms. The number of fused-ring (bicyclic) bond motifs is 1. The number of carbonyl (C=O) groups is 1. The van der Waals surface area contributed by atoms with Gasteiger partial charge >= 0.3 is 0 Å². The number of carbonyl (C=O) groups excluding carboxylic acids is 1. The van der Waals surface area contributed by atoms with Crippen molar-refractivity contribution < 1.29 is 4.79 Å². The maximum atomic E-state index is 11.6. The Balaban J connectivity index is 1.80. The van der Waals surface area contributed by atoms with E-state index >= 15 is 0 Å². The van der Waals surface area contributed by atoms with Crippen LogP contribution in [0.5, 0.6) is 0 Å². The molecule has 0 radical (unpaired) electrons. The van der Waals surface area contributed by atoms with E-state index in [0.29, 0.717) is 24.9 Å². The number of nitrogens with zero attached hydrogens (tertiary/aromatic N) is 3. The highest BCUT2D eigenvalue weighted by Gasteiger charge is 2.35. The number of piperazine rings is 1. The van der Waals surface area contributed by atoms with Gasteiger partial charge in [-0.3, -0.25) is 9.78 Å². The van der Waals surface area contributed by atoms with Gasteiger partial charge in [0.05, 0.1) is 11.4 Å². The van der Waals surface area contributed by atoms with Crippen molar-refractivity contribution >= 4 is 11.6 Å². The summed E-state index contributed by atoms with van der Waals surface area (Å²) in [5.74, 6) is 0.310. The second kappa shape index (κ2) is 4.57. The standard InChI is InChI=1S/C13H18N4O/c14-8-11-12(2-1-5-15-11)16-6-7-17-10(9-16)3-4-13(17)18/h1-2,5,10H,3-4,6-9,14H2. The van der Waals surface area contributed by atoms with Gasteiger partial charge in [0.15, 0.2) is 0 Å². The van der Waals surface area contributed by atoms with Gasteiger partial charge in [0.1, 0.15) is 0 Å². The summed E-state index contributed by atoms with van der Waals surface area (Å²) in [6.07, 6.45) is 3.46. The molecule has 2 fully saturated rings. The molecule has 0 saturated carbocycles. The van der Waals surface area contributed by atoms with E-state index in [9.17, 15) is 4.79 Å². The van der Waals surface area contributed by atoms with Crippen LogP contribution in [0.15, 0.2) is 18.3 Å². The molecule has 2 aliphatic rings. The van der Waals surface area contributed by atoms with Crippen molar-refractivity contribution in [2.75, 3.05) is 24.5 Å². The third-order valence-corrected chi connectivity index (χ3v) is 3.89. The highest BCUT2D eigenvalue weighted by atomic mass is 16.2. The van der Waals surface area contributed by atoms with Crippen LogP contribution in [0.3, 0.4) is 0 Å². The fraction of sp³-hybridized carbons (Fsp3) is 0.538. The summed E-state index contributed by atoms with van der Waals surface area (Å²) in [4.78, 5) is 20.3. The van der Waals surface area contributed by atoms with Crippen molar-refractivity contribution in [3.8, 4) is 0 Å². The van der Waals surface area contributed by atoms with Crippen molar-refractivity contribution in [3.05, 3.63) is 24.0 Å². The van der Waals surface area contributed by atoms with E-state index in [0.717, 1.165) is 37.4 Å². The molecule has 1 aromatic heterocycles. The fourth-order valence-corrected chi connectivity index (χ4v) is 2.96. The Bertz CT molecular complexity index is 462. The minimum absolute atomic E-state index is 0.310. The number of hydrogen-bond acceptors (Lipinski definition) is 4. The number of aromatic nitrogens is 1. The van der Waals surface area contributed by atoms with Crippen LogP contribution in [0.1, 0.15) is 18.5 Å². The van der Waals surface area contributed by atoms with Gasteiger partial charge in [-0.25, -0.2) is 0 Å². The first kappa shape index (κ1) is 11.5. The van der Waals surface area contributed by atoms with Gasteiger partial charge in [-0.2, -0.15) is 0 Å². The molecule has 3 heterocycles. The molecule has 3 rings (SSSR count). The van der Waals surface area contributed by atoms with Crippen LogP contribution in [0, 0.1) is 0 Å². The minimum atomic E-state index is 0.310. The third kappa shape index (κ3) is 1.84. The van der Waals surface area contributed by atoms with Gasteiger partial charge < -0.3 is 15.5 Å². The Labute approximate surface area is 107 Å². The van der Waals surface area contributed by atoms with Crippen LogP contribution in [0.4, 0.5) is 5.69 Å². The molecule has 1 atom stereocenters. The normalized spacial score (nSPS) is 23.4. The van der Waals surface area contributed by atoms with Crippen LogP contribution < -0.4 is 10.6 Å². The number of anilines is 1. The number of hydrogen-bond donors (Lipinski definition) is 1. The second-order valence-corrected chi connectivity index (χ2v) is 4.90. The molecule has 0 aromatic carbocycles. The molecule has 0 spiro atoms. The van der Waals surface area contributed by atoms with Crippen molar-refractivity contribution in [2.45, 2.75) is 25.4 Å². The Morgan fingerprint density at radius 1 is 1.44 bits per heavy atom. The van der Waals surface area contributed by atoms with Gasteiger partial charge in [-0.15, -0.1) is 0 Å². The van der Waals surface area contributed by atoms with Crippen molar-refractivity contribution in [1.82, 2.24) is 9.88 Å². The van der Waals surface area contributed by atoms with E-state index in [2.05, 4.69) is 16.0 Å². The van der Waals surface area contributed by atoms with Crippen molar-refractivity contribution in [3.63, 3.8) is 0 Å². The molecular weight excluding hydrogens is 228 g/mol. The highest BCUT2D eigenvalue weighted by Crippen LogP contribution is 2.27. The molecule has 5 heteroatoms. The summed E-state index contributed by atoms with van der Waals surface area (Å²) < 4.78 is 0. The first-order valence-electron chi connectivity index (χ1n) is 6.48. The minimum Gasteiger partial charge on any atom is -0.366 e. The van der Waals surface area contributed by atoms with Crippen LogP contribution in [-0.2, 0) is 11.3 Å². The zero-order chi connectivity index (χ0) is 12.5. The SMILES string of the molecule is NCc1ncccc1N1CCN2C(=O)CCC2C1. The number of pyridine rings is 1. The Kier molecular flexibility index (Phi) is 2.91. The van der Waals surface area contributed by atoms with Crippen LogP contribution >= 0.6 is 0 Å². The molecular formula is C13H18N4O. The third-order valence-electron chi connectivity index (χ3n) is 3.89. The summed E-state index contributed by atoms with van der Waals surface area (Å²) in [6, 6.07) is 4.39. The average molecular weight is 246 g/mol. The van der Waals surface area contributed by atoms with E-state index in [4.69, 9.17) is 5.73 Å². The smallest absolute Gasteiger partial charge is 0.223 e. The maximum Gasteiger partial charge on any atom is 0.223 e. The largest absolute Gasteiger partial charge is 0.366 e. The quantitative estimate of drug-likeness (QED) is 0.818. The summed E-state index contributed by atoms with van der Waals surface area (Å²) in [7, 11) is 0. The summed E-state index contributed by atoms with van der Waals surface area (Å²) >= 11 is 0. The summed E-state index contributed by atoms with van der Waals surface area (Å²) in [5.41, 5.74) is 7.80. The molecule has 2 saturated heterocycles. The highest BCUT2D eigenvalue weighted by molar-refractivity contribution is 5.79. The maximum absolute atomic E-state index is 11.6. The molecule has 1 amide bonds. The van der Waals surface area contributed by atoms with Gasteiger partial charge in [0.2, 0.25) is 5.91 Å². The average Bonchev–Trinajstić information content (AvgIpc) is 2.80. The molecule has 2 N–H and O–H groups in total. The van der Waals surface area contributed by atoms with Crippen LogP contribution in [-0.4, -0.2) is 41.5 Å².